The van der Waals surface area contributed by atoms with Crippen molar-refractivity contribution in [2.75, 3.05) is 5.32 Å². The zero-order chi connectivity index (χ0) is 22.7. The molecule has 2 heterocycles. The number of carbonyl (C=O) groups excluding carboxylic acids is 1. The average Bonchev–Trinajstić information content (AvgIpc) is 3.36. The topological polar surface area (TPSA) is 74.0 Å². The molecule has 0 unspecified atom stereocenters. The largest absolute Gasteiger partial charge is 0.471 e. The molecule has 0 atom stereocenters. The van der Waals surface area contributed by atoms with Gasteiger partial charge in [-0.15, -0.1) is 0 Å². The molecular weight excluding hydrogens is 541 g/mol. The third kappa shape index (κ3) is 5.63. The molecule has 7 nitrogen and oxygen atoms in total. The molecule has 2 aromatic carbocycles. The number of nitrogens with zero attached hydrogens (tertiary/aromatic N) is 4. The molecule has 0 saturated carbocycles. The fourth-order valence-corrected chi connectivity index (χ4v) is 3.79. The summed E-state index contributed by atoms with van der Waals surface area (Å²) >= 11 is 21.4. The first-order valence-electron chi connectivity index (χ1n) is 9.27. The van der Waals surface area contributed by atoms with E-state index in [-0.39, 0.29) is 12.4 Å². The Morgan fingerprint density at radius 1 is 1.00 bits per heavy atom. The summed E-state index contributed by atoms with van der Waals surface area (Å²) in [5.74, 6) is 0.615. The van der Waals surface area contributed by atoms with Gasteiger partial charge in [0.2, 0.25) is 0 Å². The Morgan fingerprint density at radius 3 is 2.50 bits per heavy atom. The van der Waals surface area contributed by atoms with Gasteiger partial charge in [0.1, 0.15) is 5.75 Å². The van der Waals surface area contributed by atoms with Crippen LogP contribution in [-0.2, 0) is 13.3 Å². The first-order valence-corrected chi connectivity index (χ1v) is 11.2. The van der Waals surface area contributed by atoms with E-state index in [0.29, 0.717) is 37.7 Å². The zero-order valence-electron chi connectivity index (χ0n) is 16.3. The molecule has 0 aliphatic rings. The predicted molar refractivity (Wildman–Crippen MR) is 128 cm³/mol. The van der Waals surface area contributed by atoms with Crippen LogP contribution in [0.5, 0.6) is 5.75 Å². The molecule has 11 heteroatoms. The van der Waals surface area contributed by atoms with Crippen LogP contribution in [0.15, 0.2) is 65.4 Å². The second kappa shape index (κ2) is 9.95. The Labute approximate surface area is 207 Å². The number of hydrogen-bond donors (Lipinski definition) is 1. The number of halogens is 4. The third-order valence-electron chi connectivity index (χ3n) is 4.35. The third-order valence-corrected chi connectivity index (χ3v) is 5.77. The molecule has 0 aliphatic carbocycles. The van der Waals surface area contributed by atoms with Gasteiger partial charge in [0.15, 0.2) is 18.2 Å². The summed E-state index contributed by atoms with van der Waals surface area (Å²) in [6.45, 7) is 0.566. The Balaban J connectivity index is 1.38. The van der Waals surface area contributed by atoms with Gasteiger partial charge in [-0.05, 0) is 64.0 Å². The lowest BCUT2D eigenvalue weighted by atomic mass is 10.2. The van der Waals surface area contributed by atoms with Crippen molar-refractivity contribution in [1.82, 2.24) is 19.6 Å². The van der Waals surface area contributed by atoms with Gasteiger partial charge in [-0.2, -0.15) is 10.2 Å². The lowest BCUT2D eigenvalue weighted by Gasteiger charge is -2.06. The van der Waals surface area contributed by atoms with E-state index < -0.39 is 5.91 Å². The highest BCUT2D eigenvalue weighted by atomic mass is 79.9. The lowest BCUT2D eigenvalue weighted by Crippen LogP contribution is -2.15. The van der Waals surface area contributed by atoms with Crippen molar-refractivity contribution in [3.05, 3.63) is 91.7 Å². The Morgan fingerprint density at radius 2 is 1.75 bits per heavy atom. The normalized spacial score (nSPS) is 10.9. The van der Waals surface area contributed by atoms with Gasteiger partial charge in [0.25, 0.3) is 5.91 Å². The summed E-state index contributed by atoms with van der Waals surface area (Å²) in [6, 6.07) is 13.8. The summed E-state index contributed by atoms with van der Waals surface area (Å²) < 4.78 is 9.42. The molecule has 0 spiro atoms. The number of hydrogen-bond acceptors (Lipinski definition) is 4. The molecule has 2 aromatic heterocycles. The number of amides is 1. The van der Waals surface area contributed by atoms with Gasteiger partial charge >= 0.3 is 0 Å². The summed E-state index contributed by atoms with van der Waals surface area (Å²) in [5, 5.41) is 13.1. The van der Waals surface area contributed by atoms with E-state index >= 15 is 0 Å². The molecule has 0 bridgehead atoms. The van der Waals surface area contributed by atoms with E-state index in [2.05, 4.69) is 31.4 Å². The van der Waals surface area contributed by atoms with E-state index in [0.717, 1.165) is 5.56 Å². The van der Waals surface area contributed by atoms with Gasteiger partial charge in [0.05, 0.1) is 11.0 Å². The minimum absolute atomic E-state index is 0.148. The summed E-state index contributed by atoms with van der Waals surface area (Å²) in [4.78, 5) is 12.6. The zero-order valence-corrected chi connectivity index (χ0v) is 20.2. The van der Waals surface area contributed by atoms with Crippen molar-refractivity contribution in [3.63, 3.8) is 0 Å². The van der Waals surface area contributed by atoms with Crippen molar-refractivity contribution in [3.8, 4) is 5.75 Å². The van der Waals surface area contributed by atoms with E-state index in [4.69, 9.17) is 39.5 Å². The quantitative estimate of drug-likeness (QED) is 0.297. The Kier molecular flexibility index (Phi) is 7.05. The van der Waals surface area contributed by atoms with Crippen LogP contribution in [0.25, 0.3) is 0 Å². The predicted octanol–water partition coefficient (Wildman–Crippen LogP) is 6.14. The Bertz CT molecular complexity index is 1260. The van der Waals surface area contributed by atoms with Crippen LogP contribution in [0.2, 0.25) is 15.1 Å². The van der Waals surface area contributed by atoms with Crippen molar-refractivity contribution >= 4 is 62.5 Å². The molecule has 0 saturated heterocycles. The second-order valence-electron chi connectivity index (χ2n) is 6.68. The van der Waals surface area contributed by atoms with E-state index in [1.54, 1.807) is 59.5 Å². The van der Waals surface area contributed by atoms with Gasteiger partial charge in [-0.1, -0.05) is 40.9 Å². The maximum Gasteiger partial charge on any atom is 0.277 e. The summed E-state index contributed by atoms with van der Waals surface area (Å²) in [6.07, 6.45) is 3.40. The highest BCUT2D eigenvalue weighted by Gasteiger charge is 2.15. The number of anilines is 1. The van der Waals surface area contributed by atoms with E-state index in [9.17, 15) is 4.79 Å². The van der Waals surface area contributed by atoms with Crippen molar-refractivity contribution in [2.24, 2.45) is 0 Å². The average molecular weight is 556 g/mol. The molecule has 32 heavy (non-hydrogen) atoms. The fraction of sp³-hybridized carbons (Fsp3) is 0.0952. The molecule has 0 aliphatic heterocycles. The van der Waals surface area contributed by atoms with E-state index in [1.807, 2.05) is 6.07 Å². The number of carbonyl (C=O) groups is 1. The molecule has 4 rings (SSSR count). The minimum Gasteiger partial charge on any atom is -0.471 e. The lowest BCUT2D eigenvalue weighted by molar-refractivity contribution is 0.101. The van der Waals surface area contributed by atoms with Crippen molar-refractivity contribution in [1.29, 1.82) is 0 Å². The molecule has 0 radical (unpaired) electrons. The van der Waals surface area contributed by atoms with Gasteiger partial charge < -0.3 is 10.1 Å². The monoisotopic (exact) mass is 553 g/mol. The van der Waals surface area contributed by atoms with E-state index in [1.165, 1.54) is 4.68 Å². The second-order valence-corrected chi connectivity index (χ2v) is 8.82. The number of rotatable bonds is 7. The molecule has 4 aromatic rings. The molecular formula is C21H15BrCl3N5O2. The van der Waals surface area contributed by atoms with Crippen LogP contribution in [0.4, 0.5) is 5.82 Å². The van der Waals surface area contributed by atoms with Gasteiger partial charge in [-0.25, -0.2) is 4.68 Å². The molecule has 1 N–H and O–H groups in total. The van der Waals surface area contributed by atoms with Crippen LogP contribution < -0.4 is 10.1 Å². The first kappa shape index (κ1) is 22.7. The summed E-state index contributed by atoms with van der Waals surface area (Å²) in [5.41, 5.74) is 1.08. The molecule has 0 fully saturated rings. The van der Waals surface area contributed by atoms with Gasteiger partial charge in [0, 0.05) is 27.5 Å². The first-order chi connectivity index (χ1) is 15.4. The smallest absolute Gasteiger partial charge is 0.277 e. The van der Waals surface area contributed by atoms with Crippen LogP contribution in [0.3, 0.4) is 0 Å². The fourth-order valence-electron chi connectivity index (χ4n) is 2.78. The number of aromatic nitrogens is 4. The SMILES string of the molecule is O=C(Nc1nn(Cc2ccc(Cl)cc2Cl)cc1Br)c1ccn(COc2ccc(Cl)cc2)n1. The highest BCUT2D eigenvalue weighted by Crippen LogP contribution is 2.25. The summed E-state index contributed by atoms with van der Waals surface area (Å²) in [7, 11) is 0. The van der Waals surface area contributed by atoms with Crippen LogP contribution >= 0.6 is 50.7 Å². The van der Waals surface area contributed by atoms with Crippen LogP contribution in [-0.4, -0.2) is 25.5 Å². The maximum absolute atomic E-state index is 12.6. The maximum atomic E-state index is 12.6. The molecule has 164 valence electrons. The minimum atomic E-state index is -0.397. The van der Waals surface area contributed by atoms with Crippen LogP contribution in [0.1, 0.15) is 16.1 Å². The van der Waals surface area contributed by atoms with Crippen molar-refractivity contribution < 1.29 is 9.53 Å². The number of nitrogens with one attached hydrogen (secondary N) is 1. The number of ether oxygens (including phenoxy) is 1. The van der Waals surface area contributed by atoms with Gasteiger partial charge in [-0.3, -0.25) is 9.48 Å². The number of benzene rings is 2. The Hall–Kier alpha value is -2.52. The van der Waals surface area contributed by atoms with Crippen LogP contribution in [0, 0.1) is 0 Å². The highest BCUT2D eigenvalue weighted by molar-refractivity contribution is 9.10. The molecule has 1 amide bonds. The van der Waals surface area contributed by atoms with Crippen molar-refractivity contribution in [2.45, 2.75) is 13.3 Å². The standard InChI is InChI=1S/C21H15BrCl3N5O2/c22-17-11-30(10-13-1-2-15(24)9-18(13)25)28-20(17)26-21(31)19-7-8-29(27-19)12-32-16-5-3-14(23)4-6-16/h1-9,11H,10,12H2,(H,26,28,31).